The van der Waals surface area contributed by atoms with Gasteiger partial charge in [-0.3, -0.25) is 13.9 Å². The van der Waals surface area contributed by atoms with Crippen LogP contribution in [0.1, 0.15) is 39.7 Å². The first-order valence-corrected chi connectivity index (χ1v) is 13.3. The van der Waals surface area contributed by atoms with Gasteiger partial charge in [-0.15, -0.1) is 0 Å². The summed E-state index contributed by atoms with van der Waals surface area (Å²) >= 11 is 0. The van der Waals surface area contributed by atoms with Gasteiger partial charge in [-0.2, -0.15) is 0 Å². The van der Waals surface area contributed by atoms with Crippen LogP contribution in [-0.2, 0) is 26.2 Å². The second kappa shape index (κ2) is 12.4. The fourth-order valence-corrected chi connectivity index (χ4v) is 4.22. The fourth-order valence-electron chi connectivity index (χ4n) is 3.36. The van der Waals surface area contributed by atoms with Gasteiger partial charge in [-0.1, -0.05) is 49.4 Å². The molecule has 2 aromatic rings. The Balaban J connectivity index is 2.40. The van der Waals surface area contributed by atoms with Crippen molar-refractivity contribution < 1.29 is 22.7 Å². The number of nitrogens with one attached hydrogen (secondary N) is 1. The Kier molecular flexibility index (Phi) is 9.92. The van der Waals surface area contributed by atoms with E-state index in [0.29, 0.717) is 12.4 Å². The van der Waals surface area contributed by atoms with E-state index < -0.39 is 28.5 Å². The number of hydrogen-bond donors (Lipinski definition) is 1. The zero-order valence-electron chi connectivity index (χ0n) is 20.5. The van der Waals surface area contributed by atoms with Crippen LogP contribution in [0, 0.1) is 0 Å². The van der Waals surface area contributed by atoms with Crippen LogP contribution >= 0.6 is 0 Å². The van der Waals surface area contributed by atoms with Gasteiger partial charge in [0.2, 0.25) is 21.8 Å². The monoisotopic (exact) mass is 489 g/mol. The predicted octanol–water partition coefficient (Wildman–Crippen LogP) is 3.18. The van der Waals surface area contributed by atoms with Crippen LogP contribution < -0.4 is 14.4 Å². The van der Waals surface area contributed by atoms with Gasteiger partial charge in [0.25, 0.3) is 0 Å². The largest absolute Gasteiger partial charge is 0.492 e. The topological polar surface area (TPSA) is 96.0 Å². The molecule has 2 rings (SSSR count). The summed E-state index contributed by atoms with van der Waals surface area (Å²) in [5, 5.41) is 2.91. The standard InChI is InChI=1S/C25H35N3O5S/c1-6-19(3)26-25(30)20(4)27(17-21-13-9-8-10-14-21)24(29)18-28(34(5,31)32)22-15-11-12-16-23(22)33-7-2/h8-16,19-20H,6-7,17-18H2,1-5H3,(H,26,30)/t19-,20+/m0/s1. The van der Waals surface area contributed by atoms with Crippen molar-refractivity contribution in [2.75, 3.05) is 23.7 Å². The van der Waals surface area contributed by atoms with Crippen LogP contribution in [-0.4, -0.2) is 56.6 Å². The Bertz CT molecular complexity index is 1060. The number of rotatable bonds is 12. The molecule has 0 fully saturated rings. The Morgan fingerprint density at radius 2 is 1.62 bits per heavy atom. The zero-order valence-corrected chi connectivity index (χ0v) is 21.3. The number of benzene rings is 2. The molecule has 2 amide bonds. The molecule has 34 heavy (non-hydrogen) atoms. The molecule has 0 aromatic heterocycles. The molecule has 0 saturated carbocycles. The molecule has 0 spiro atoms. The van der Waals surface area contributed by atoms with Gasteiger partial charge in [-0.25, -0.2) is 8.42 Å². The van der Waals surface area contributed by atoms with E-state index in [4.69, 9.17) is 4.74 Å². The summed E-state index contributed by atoms with van der Waals surface area (Å²) in [6.45, 7) is 7.35. The zero-order chi connectivity index (χ0) is 25.3. The van der Waals surface area contributed by atoms with Crippen LogP contribution in [0.4, 0.5) is 5.69 Å². The van der Waals surface area contributed by atoms with Crippen molar-refractivity contribution in [2.45, 2.75) is 52.7 Å². The van der Waals surface area contributed by atoms with Crippen molar-refractivity contribution >= 4 is 27.5 Å². The molecule has 0 aliphatic heterocycles. The average molecular weight is 490 g/mol. The number of nitrogens with zero attached hydrogens (tertiary/aromatic N) is 2. The van der Waals surface area contributed by atoms with Crippen molar-refractivity contribution in [2.24, 2.45) is 0 Å². The molecule has 0 aliphatic rings. The third-order valence-corrected chi connectivity index (χ3v) is 6.60. The van der Waals surface area contributed by atoms with E-state index in [9.17, 15) is 18.0 Å². The molecule has 0 aliphatic carbocycles. The van der Waals surface area contributed by atoms with E-state index in [-0.39, 0.29) is 24.2 Å². The van der Waals surface area contributed by atoms with Crippen LogP contribution in [0.2, 0.25) is 0 Å². The van der Waals surface area contributed by atoms with Gasteiger partial charge < -0.3 is 15.0 Å². The molecule has 2 atom stereocenters. The Morgan fingerprint density at radius 1 is 1.00 bits per heavy atom. The Morgan fingerprint density at radius 3 is 2.21 bits per heavy atom. The third kappa shape index (κ3) is 7.48. The van der Waals surface area contributed by atoms with E-state index >= 15 is 0 Å². The number of para-hydroxylation sites is 2. The summed E-state index contributed by atoms with van der Waals surface area (Å²) in [4.78, 5) is 27.8. The maximum absolute atomic E-state index is 13.5. The molecule has 0 bridgehead atoms. The number of anilines is 1. The molecular weight excluding hydrogens is 454 g/mol. The SMILES string of the molecule is CCOc1ccccc1N(CC(=O)N(Cc1ccccc1)[C@H](C)C(=O)N[C@@H](C)CC)S(C)(=O)=O. The number of hydrogen-bond acceptors (Lipinski definition) is 5. The number of carbonyl (C=O) groups is 2. The first-order chi connectivity index (χ1) is 16.1. The van der Waals surface area contributed by atoms with Crippen LogP contribution in [0.3, 0.4) is 0 Å². The van der Waals surface area contributed by atoms with Gasteiger partial charge in [0.15, 0.2) is 0 Å². The highest BCUT2D eigenvalue weighted by molar-refractivity contribution is 7.92. The molecule has 1 N–H and O–H groups in total. The van der Waals surface area contributed by atoms with Gasteiger partial charge in [0.1, 0.15) is 18.3 Å². The summed E-state index contributed by atoms with van der Waals surface area (Å²) in [7, 11) is -3.82. The summed E-state index contributed by atoms with van der Waals surface area (Å²) < 4.78 is 32.0. The van der Waals surface area contributed by atoms with E-state index in [1.165, 1.54) is 4.90 Å². The molecule has 0 radical (unpaired) electrons. The van der Waals surface area contributed by atoms with Crippen LogP contribution in [0.5, 0.6) is 5.75 Å². The highest BCUT2D eigenvalue weighted by Crippen LogP contribution is 2.30. The van der Waals surface area contributed by atoms with Crippen molar-refractivity contribution in [1.29, 1.82) is 0 Å². The van der Waals surface area contributed by atoms with Crippen molar-refractivity contribution in [3.05, 3.63) is 60.2 Å². The van der Waals surface area contributed by atoms with Crippen LogP contribution in [0.25, 0.3) is 0 Å². The summed E-state index contributed by atoms with van der Waals surface area (Å²) in [5.74, 6) is -0.424. The molecule has 2 aromatic carbocycles. The molecular formula is C25H35N3O5S. The average Bonchev–Trinajstić information content (AvgIpc) is 2.81. The molecule has 9 heteroatoms. The lowest BCUT2D eigenvalue weighted by Gasteiger charge is -2.32. The minimum Gasteiger partial charge on any atom is -0.492 e. The maximum atomic E-state index is 13.5. The number of amides is 2. The first-order valence-electron chi connectivity index (χ1n) is 11.4. The normalized spacial score (nSPS) is 13.0. The minimum atomic E-state index is -3.82. The number of ether oxygens (including phenoxy) is 1. The van der Waals surface area contributed by atoms with Gasteiger partial charge in [0, 0.05) is 12.6 Å². The third-order valence-electron chi connectivity index (χ3n) is 5.48. The highest BCUT2D eigenvalue weighted by atomic mass is 32.2. The van der Waals surface area contributed by atoms with Crippen molar-refractivity contribution in [3.63, 3.8) is 0 Å². The summed E-state index contributed by atoms with van der Waals surface area (Å²) in [5.41, 5.74) is 1.11. The Labute approximate surface area is 202 Å². The van der Waals surface area contributed by atoms with E-state index in [2.05, 4.69) is 5.32 Å². The molecule has 0 unspecified atom stereocenters. The maximum Gasteiger partial charge on any atom is 0.244 e. The second-order valence-electron chi connectivity index (χ2n) is 8.17. The lowest BCUT2D eigenvalue weighted by Crippen LogP contribution is -2.52. The van der Waals surface area contributed by atoms with E-state index in [1.54, 1.807) is 38.1 Å². The molecule has 8 nitrogen and oxygen atoms in total. The fraction of sp³-hybridized carbons (Fsp3) is 0.440. The van der Waals surface area contributed by atoms with Gasteiger partial charge in [-0.05, 0) is 44.9 Å². The van der Waals surface area contributed by atoms with E-state index in [0.717, 1.165) is 22.5 Å². The van der Waals surface area contributed by atoms with Gasteiger partial charge >= 0.3 is 0 Å². The number of carbonyl (C=O) groups excluding carboxylic acids is 2. The second-order valence-corrected chi connectivity index (χ2v) is 10.1. The minimum absolute atomic E-state index is 0.0470. The summed E-state index contributed by atoms with van der Waals surface area (Å²) in [6, 6.07) is 15.1. The summed E-state index contributed by atoms with van der Waals surface area (Å²) in [6.07, 6.45) is 1.80. The van der Waals surface area contributed by atoms with Crippen molar-refractivity contribution in [1.82, 2.24) is 10.2 Å². The number of sulfonamides is 1. The first kappa shape index (κ1) is 27.2. The molecule has 186 valence electrons. The predicted molar refractivity (Wildman–Crippen MR) is 134 cm³/mol. The lowest BCUT2D eigenvalue weighted by atomic mass is 10.1. The smallest absolute Gasteiger partial charge is 0.244 e. The Hall–Kier alpha value is -3.07. The lowest BCUT2D eigenvalue weighted by molar-refractivity contribution is -0.139. The van der Waals surface area contributed by atoms with Crippen molar-refractivity contribution in [3.8, 4) is 5.75 Å². The highest BCUT2D eigenvalue weighted by Gasteiger charge is 2.31. The van der Waals surface area contributed by atoms with Crippen LogP contribution in [0.15, 0.2) is 54.6 Å². The molecule has 0 saturated heterocycles. The molecule has 0 heterocycles. The van der Waals surface area contributed by atoms with Gasteiger partial charge in [0.05, 0.1) is 18.6 Å². The quantitative estimate of drug-likeness (QED) is 0.494. The van der Waals surface area contributed by atoms with E-state index in [1.807, 2.05) is 44.2 Å².